The Labute approximate surface area is 50.0 Å². The molecule has 0 aromatic heterocycles. The molecular weight excluding hydrogens is 104 g/mol. The number of carbonyl (C=O) groups excluding carboxylic acids is 2. The summed E-state index contributed by atoms with van der Waals surface area (Å²) in [5.74, 6) is -1.15. The lowest BCUT2D eigenvalue weighted by Gasteiger charge is -1.97. The van der Waals surface area contributed by atoms with E-state index >= 15 is 0 Å². The lowest BCUT2D eigenvalue weighted by molar-refractivity contribution is -0.124. The second-order valence-electron chi connectivity index (χ2n) is 1.47. The smallest absolute Gasteiger partial charge is 0.162 e. The predicted octanol–water partition coefficient (Wildman–Crippen LogP) is 0.475. The van der Waals surface area contributed by atoms with Crippen molar-refractivity contribution >= 4 is 11.6 Å². The molecule has 0 aliphatic heterocycles. The van der Waals surface area contributed by atoms with Gasteiger partial charge in [0.05, 0.1) is 6.40 Å². The Hall–Kier alpha value is -0.920. The molecule has 0 bridgehead atoms. The molecular formula is C6H6O2. The third-order valence-electron chi connectivity index (χ3n) is 0.806. The first-order valence-electron chi connectivity index (χ1n) is 3.38. The molecule has 0 spiro atoms. The number of hydrogen-bond acceptors (Lipinski definition) is 2. The predicted molar refractivity (Wildman–Crippen MR) is 28.4 cm³/mol. The van der Waals surface area contributed by atoms with E-state index in [0.29, 0.717) is 0 Å². The third kappa shape index (κ3) is 1.03. The van der Waals surface area contributed by atoms with Crippen LogP contribution in [0.5, 0.6) is 0 Å². The zero-order chi connectivity index (χ0) is 7.72. The second-order valence-corrected chi connectivity index (χ2v) is 1.47. The van der Waals surface area contributed by atoms with Crippen LogP contribution in [0, 0.1) is 0 Å². The van der Waals surface area contributed by atoms with Crippen LogP contribution in [0.25, 0.3) is 0 Å². The SMILES string of the molecule is [2H]C1C=CC(=O)C([2H])C1=O. The highest BCUT2D eigenvalue weighted by Crippen LogP contribution is 2.00. The molecule has 0 N–H and O–H groups in total. The topological polar surface area (TPSA) is 34.1 Å². The molecule has 0 aromatic rings. The molecule has 0 fully saturated rings. The van der Waals surface area contributed by atoms with Crippen molar-refractivity contribution in [3.05, 3.63) is 12.2 Å². The van der Waals surface area contributed by atoms with E-state index in [1.165, 1.54) is 6.08 Å². The fourth-order valence-electron chi connectivity index (χ4n) is 0.474. The Kier molecular flexibility index (Phi) is 0.755. The zero-order valence-electron chi connectivity index (χ0n) is 6.13. The van der Waals surface area contributed by atoms with Crippen molar-refractivity contribution in [2.45, 2.75) is 12.8 Å². The molecule has 0 radical (unpaired) electrons. The highest BCUT2D eigenvalue weighted by Gasteiger charge is 2.08. The van der Waals surface area contributed by atoms with Crippen LogP contribution < -0.4 is 0 Å². The van der Waals surface area contributed by atoms with Gasteiger partial charge in [-0.25, -0.2) is 0 Å². The Morgan fingerprint density at radius 1 is 1.62 bits per heavy atom. The van der Waals surface area contributed by atoms with Crippen molar-refractivity contribution in [3.8, 4) is 0 Å². The Morgan fingerprint density at radius 2 is 2.38 bits per heavy atom. The molecule has 0 saturated carbocycles. The van der Waals surface area contributed by atoms with Gasteiger partial charge in [0.2, 0.25) is 0 Å². The first-order chi connectivity index (χ1) is 4.63. The maximum atomic E-state index is 10.7. The Bertz CT molecular complexity index is 210. The van der Waals surface area contributed by atoms with Gasteiger partial charge >= 0.3 is 0 Å². The Balaban J connectivity index is 2.89. The van der Waals surface area contributed by atoms with Gasteiger partial charge < -0.3 is 0 Å². The van der Waals surface area contributed by atoms with E-state index in [4.69, 9.17) is 2.74 Å². The highest BCUT2D eigenvalue weighted by atomic mass is 16.1. The molecule has 0 aromatic carbocycles. The summed E-state index contributed by atoms with van der Waals surface area (Å²) >= 11 is 0. The van der Waals surface area contributed by atoms with E-state index in [9.17, 15) is 9.59 Å². The summed E-state index contributed by atoms with van der Waals surface area (Å²) in [6.45, 7) is 0. The van der Waals surface area contributed by atoms with Crippen LogP contribution in [0.1, 0.15) is 15.5 Å². The minimum Gasteiger partial charge on any atom is -0.299 e. The van der Waals surface area contributed by atoms with Crippen LogP contribution in [-0.4, -0.2) is 11.6 Å². The number of rotatable bonds is 0. The van der Waals surface area contributed by atoms with Crippen molar-refractivity contribution < 1.29 is 12.3 Å². The van der Waals surface area contributed by atoms with E-state index in [2.05, 4.69) is 0 Å². The average Bonchev–Trinajstić information content (AvgIpc) is 1.93. The summed E-state index contributed by atoms with van der Waals surface area (Å²) in [6.07, 6.45) is -0.0420. The molecule has 2 heteroatoms. The first-order valence-corrected chi connectivity index (χ1v) is 2.23. The summed E-state index contributed by atoms with van der Waals surface area (Å²) < 4.78 is 13.9. The largest absolute Gasteiger partial charge is 0.299 e. The molecule has 0 heterocycles. The van der Waals surface area contributed by atoms with Crippen molar-refractivity contribution in [1.29, 1.82) is 0 Å². The van der Waals surface area contributed by atoms with Crippen LogP contribution >= 0.6 is 0 Å². The van der Waals surface area contributed by atoms with Gasteiger partial charge in [-0.05, 0) is 6.08 Å². The van der Waals surface area contributed by atoms with E-state index in [1.807, 2.05) is 0 Å². The summed E-state index contributed by atoms with van der Waals surface area (Å²) in [5, 5.41) is 0. The maximum absolute atomic E-state index is 10.7. The fourth-order valence-corrected chi connectivity index (χ4v) is 0.474. The monoisotopic (exact) mass is 112 g/mol. The fraction of sp³-hybridized carbons (Fsp3) is 0.333. The third-order valence-corrected chi connectivity index (χ3v) is 0.806. The molecule has 2 nitrogen and oxygen atoms in total. The average molecular weight is 112 g/mol. The number of ketones is 2. The maximum Gasteiger partial charge on any atom is 0.162 e. The van der Waals surface area contributed by atoms with Crippen LogP contribution in [0.15, 0.2) is 12.2 Å². The molecule has 1 rings (SSSR count). The van der Waals surface area contributed by atoms with Gasteiger partial charge in [0.25, 0.3) is 0 Å². The number of carbonyl (C=O) groups is 2. The van der Waals surface area contributed by atoms with Gasteiger partial charge in [0.15, 0.2) is 5.78 Å². The van der Waals surface area contributed by atoms with Crippen molar-refractivity contribution in [2.24, 2.45) is 0 Å². The first kappa shape index (κ1) is 3.17. The van der Waals surface area contributed by atoms with E-state index in [0.717, 1.165) is 6.08 Å². The summed E-state index contributed by atoms with van der Waals surface area (Å²) in [4.78, 5) is 21.3. The van der Waals surface area contributed by atoms with Crippen LogP contribution in [-0.2, 0) is 9.59 Å². The standard InChI is InChI=1S/C6H6O2/c7-5-2-1-3-6(8)4-5/h1-2H,3-4H2/i3D,4D. The zero-order valence-corrected chi connectivity index (χ0v) is 4.13. The molecule has 2 atom stereocenters. The van der Waals surface area contributed by atoms with E-state index < -0.39 is 24.4 Å². The molecule has 42 valence electrons. The van der Waals surface area contributed by atoms with Crippen LogP contribution in [0.3, 0.4) is 0 Å². The highest BCUT2D eigenvalue weighted by molar-refractivity contribution is 6.07. The van der Waals surface area contributed by atoms with Crippen LogP contribution in [0.4, 0.5) is 0 Å². The van der Waals surface area contributed by atoms with Crippen molar-refractivity contribution in [1.82, 2.24) is 0 Å². The summed E-state index contributed by atoms with van der Waals surface area (Å²) in [7, 11) is 0. The molecule has 0 amide bonds. The van der Waals surface area contributed by atoms with Crippen molar-refractivity contribution in [3.63, 3.8) is 0 Å². The lowest BCUT2D eigenvalue weighted by atomic mass is 10.1. The molecule has 2 unspecified atom stereocenters. The minimum absolute atomic E-state index is 0.520. The van der Waals surface area contributed by atoms with Crippen molar-refractivity contribution in [2.75, 3.05) is 0 Å². The molecule has 1 aliphatic rings. The lowest BCUT2D eigenvalue weighted by Crippen LogP contribution is -2.08. The van der Waals surface area contributed by atoms with E-state index in [-0.39, 0.29) is 0 Å². The summed E-state index contributed by atoms with van der Waals surface area (Å²) in [6, 6.07) is 0. The van der Waals surface area contributed by atoms with Gasteiger partial charge in [0.1, 0.15) is 5.78 Å². The van der Waals surface area contributed by atoms with Crippen LogP contribution in [0.2, 0.25) is 0 Å². The number of hydrogen-bond donors (Lipinski definition) is 0. The number of allylic oxidation sites excluding steroid dienone is 2. The van der Waals surface area contributed by atoms with Gasteiger partial charge in [-0.15, -0.1) is 0 Å². The quantitative estimate of drug-likeness (QED) is 0.427. The van der Waals surface area contributed by atoms with Gasteiger partial charge in [-0.1, -0.05) is 6.08 Å². The Morgan fingerprint density at radius 3 is 3.00 bits per heavy atom. The van der Waals surface area contributed by atoms with Gasteiger partial charge in [0, 0.05) is 9.14 Å². The van der Waals surface area contributed by atoms with E-state index in [1.54, 1.807) is 0 Å². The minimum atomic E-state index is -1.35. The normalized spacial score (nSPS) is 41.5. The van der Waals surface area contributed by atoms with Gasteiger partial charge in [-0.3, -0.25) is 9.59 Å². The summed E-state index contributed by atoms with van der Waals surface area (Å²) in [5.41, 5.74) is 0. The number of Topliss-reactive ketones (excluding diaryl/α,β-unsaturated/α-hetero) is 1. The molecule has 1 aliphatic carbocycles. The van der Waals surface area contributed by atoms with Gasteiger partial charge in [-0.2, -0.15) is 0 Å². The molecule has 0 saturated heterocycles. The second kappa shape index (κ2) is 1.90. The molecule has 8 heavy (non-hydrogen) atoms.